The number of benzene rings is 1. The third-order valence-corrected chi connectivity index (χ3v) is 4.68. The van der Waals surface area contributed by atoms with Crippen LogP contribution in [0.15, 0.2) is 42.9 Å². The Kier molecular flexibility index (Phi) is 5.44. The van der Waals surface area contributed by atoms with Gasteiger partial charge in [0.05, 0.1) is 24.6 Å². The minimum absolute atomic E-state index is 0.247. The summed E-state index contributed by atoms with van der Waals surface area (Å²) in [6.07, 6.45) is 8.20. The molecule has 0 spiro atoms. The van der Waals surface area contributed by atoms with Crippen LogP contribution in [0.25, 0.3) is 6.08 Å². The first kappa shape index (κ1) is 18.2. The first-order valence-electron chi connectivity index (χ1n) is 7.87. The van der Waals surface area contributed by atoms with Crippen molar-refractivity contribution in [1.82, 2.24) is 19.6 Å². The van der Waals surface area contributed by atoms with Gasteiger partial charge in [0.2, 0.25) is 5.91 Å². The molecular formula is C18H17Cl2N5O. The fourth-order valence-electron chi connectivity index (χ4n) is 2.39. The number of hydrogen-bond donors (Lipinski definition) is 1. The van der Waals surface area contributed by atoms with Crippen LogP contribution in [-0.2, 0) is 18.4 Å². The molecule has 8 heteroatoms. The molecule has 0 fully saturated rings. The van der Waals surface area contributed by atoms with E-state index in [9.17, 15) is 4.79 Å². The Bertz CT molecular complexity index is 954. The van der Waals surface area contributed by atoms with Gasteiger partial charge in [-0.3, -0.25) is 14.2 Å². The molecule has 2 aromatic heterocycles. The van der Waals surface area contributed by atoms with Gasteiger partial charge in [0.15, 0.2) is 0 Å². The molecule has 1 aromatic carbocycles. The molecule has 1 N–H and O–H groups in total. The second kappa shape index (κ2) is 7.76. The fraction of sp³-hybridized carbons (Fsp3) is 0.167. The van der Waals surface area contributed by atoms with Crippen molar-refractivity contribution in [2.45, 2.75) is 13.5 Å². The highest BCUT2D eigenvalue weighted by molar-refractivity contribution is 6.35. The molecule has 0 aliphatic carbocycles. The van der Waals surface area contributed by atoms with Gasteiger partial charge < -0.3 is 5.32 Å². The van der Waals surface area contributed by atoms with Gasteiger partial charge in [0, 0.05) is 46.2 Å². The van der Waals surface area contributed by atoms with E-state index in [1.54, 1.807) is 52.2 Å². The number of nitrogens with one attached hydrogen (secondary N) is 1. The number of anilines is 1. The molecule has 134 valence electrons. The molecule has 2 heterocycles. The Morgan fingerprint density at radius 3 is 2.62 bits per heavy atom. The Morgan fingerprint density at radius 1 is 1.23 bits per heavy atom. The molecule has 0 aliphatic rings. The second-order valence-electron chi connectivity index (χ2n) is 5.76. The lowest BCUT2D eigenvalue weighted by Crippen LogP contribution is -2.07. The van der Waals surface area contributed by atoms with Gasteiger partial charge >= 0.3 is 0 Å². The van der Waals surface area contributed by atoms with Gasteiger partial charge in [-0.1, -0.05) is 29.3 Å². The zero-order valence-electron chi connectivity index (χ0n) is 14.3. The van der Waals surface area contributed by atoms with Crippen LogP contribution in [0.5, 0.6) is 0 Å². The van der Waals surface area contributed by atoms with Crippen LogP contribution >= 0.6 is 23.2 Å². The zero-order valence-corrected chi connectivity index (χ0v) is 15.8. The van der Waals surface area contributed by atoms with Gasteiger partial charge in [-0.2, -0.15) is 10.2 Å². The van der Waals surface area contributed by atoms with E-state index in [0.29, 0.717) is 22.3 Å². The highest BCUT2D eigenvalue weighted by atomic mass is 35.5. The van der Waals surface area contributed by atoms with Crippen LogP contribution in [-0.4, -0.2) is 25.5 Å². The number of amides is 1. The van der Waals surface area contributed by atoms with Gasteiger partial charge in [0.1, 0.15) is 0 Å². The van der Waals surface area contributed by atoms with Crippen molar-refractivity contribution in [3.05, 3.63) is 69.7 Å². The molecule has 0 saturated carbocycles. The summed E-state index contributed by atoms with van der Waals surface area (Å²) in [5.74, 6) is -0.247. The van der Waals surface area contributed by atoms with E-state index >= 15 is 0 Å². The summed E-state index contributed by atoms with van der Waals surface area (Å²) < 4.78 is 3.42. The summed E-state index contributed by atoms with van der Waals surface area (Å²) in [4.78, 5) is 12.1. The number of halogens is 2. The smallest absolute Gasteiger partial charge is 0.248 e. The van der Waals surface area contributed by atoms with Crippen LogP contribution in [0.3, 0.4) is 0 Å². The molecule has 1 amide bonds. The van der Waals surface area contributed by atoms with E-state index in [1.165, 1.54) is 6.08 Å². The highest BCUT2D eigenvalue weighted by Crippen LogP contribution is 2.25. The maximum Gasteiger partial charge on any atom is 0.248 e. The van der Waals surface area contributed by atoms with Crippen LogP contribution in [0.2, 0.25) is 10.0 Å². The maximum absolute atomic E-state index is 12.1. The quantitative estimate of drug-likeness (QED) is 0.672. The topological polar surface area (TPSA) is 64.7 Å². The number of aryl methyl sites for hydroxylation is 1. The predicted octanol–water partition coefficient (Wildman–Crippen LogP) is 3.93. The first-order valence-corrected chi connectivity index (χ1v) is 8.62. The average Bonchev–Trinajstić information content (AvgIpc) is 3.17. The molecule has 3 aromatic rings. The highest BCUT2D eigenvalue weighted by Gasteiger charge is 2.08. The van der Waals surface area contributed by atoms with Crippen LogP contribution < -0.4 is 5.32 Å². The average molecular weight is 390 g/mol. The van der Waals surface area contributed by atoms with Crippen molar-refractivity contribution in [2.24, 2.45) is 7.05 Å². The van der Waals surface area contributed by atoms with Crippen molar-refractivity contribution < 1.29 is 4.79 Å². The lowest BCUT2D eigenvalue weighted by atomic mass is 10.2. The van der Waals surface area contributed by atoms with Gasteiger partial charge in [-0.05, 0) is 25.1 Å². The first-order chi connectivity index (χ1) is 12.4. The summed E-state index contributed by atoms with van der Waals surface area (Å²) in [6, 6.07) is 5.35. The van der Waals surface area contributed by atoms with Crippen LogP contribution in [0, 0.1) is 6.92 Å². The molecular weight excluding hydrogens is 373 g/mol. The SMILES string of the molecule is Cc1c(/C=C/C(=O)Nc2cnn(Cc3c(Cl)cccc3Cl)c2)cnn1C. The molecule has 0 unspecified atom stereocenters. The predicted molar refractivity (Wildman–Crippen MR) is 103 cm³/mol. The molecule has 0 atom stereocenters. The van der Waals surface area contributed by atoms with E-state index < -0.39 is 0 Å². The number of carbonyl (C=O) groups is 1. The standard InChI is InChI=1S/C18H17Cl2N5O/c1-12-13(8-21-24(12)2)6-7-18(26)23-14-9-22-25(10-14)11-15-16(19)4-3-5-17(15)20/h3-10H,11H2,1-2H3,(H,23,26)/b7-6+. The van der Waals surface area contributed by atoms with E-state index in [0.717, 1.165) is 16.8 Å². The summed E-state index contributed by atoms with van der Waals surface area (Å²) in [6.45, 7) is 2.35. The Hall–Kier alpha value is -2.57. The third-order valence-electron chi connectivity index (χ3n) is 3.97. The summed E-state index contributed by atoms with van der Waals surface area (Å²) in [5.41, 5.74) is 3.25. The van der Waals surface area contributed by atoms with Crippen molar-refractivity contribution in [3.8, 4) is 0 Å². The van der Waals surface area contributed by atoms with E-state index in [4.69, 9.17) is 23.2 Å². The Morgan fingerprint density at radius 2 is 1.96 bits per heavy atom. The molecule has 26 heavy (non-hydrogen) atoms. The second-order valence-corrected chi connectivity index (χ2v) is 6.57. The van der Waals surface area contributed by atoms with Crippen LogP contribution in [0.4, 0.5) is 5.69 Å². The summed E-state index contributed by atoms with van der Waals surface area (Å²) >= 11 is 12.3. The van der Waals surface area contributed by atoms with Gasteiger partial charge in [-0.15, -0.1) is 0 Å². The molecule has 0 bridgehead atoms. The maximum atomic E-state index is 12.1. The summed E-state index contributed by atoms with van der Waals surface area (Å²) in [5, 5.41) is 12.3. The molecule has 0 saturated heterocycles. The summed E-state index contributed by atoms with van der Waals surface area (Å²) in [7, 11) is 1.85. The zero-order chi connectivity index (χ0) is 18.7. The van der Waals surface area contributed by atoms with Crippen molar-refractivity contribution in [3.63, 3.8) is 0 Å². The minimum Gasteiger partial charge on any atom is -0.320 e. The number of aromatic nitrogens is 4. The largest absolute Gasteiger partial charge is 0.320 e. The van der Waals surface area contributed by atoms with E-state index in [1.807, 2.05) is 14.0 Å². The molecule has 3 rings (SSSR count). The van der Waals surface area contributed by atoms with E-state index in [2.05, 4.69) is 15.5 Å². The molecule has 6 nitrogen and oxygen atoms in total. The number of carbonyl (C=O) groups excluding carboxylic acids is 1. The normalized spacial score (nSPS) is 11.2. The Labute approximate surface area is 161 Å². The Balaban J connectivity index is 1.65. The van der Waals surface area contributed by atoms with Gasteiger partial charge in [0.25, 0.3) is 0 Å². The van der Waals surface area contributed by atoms with Crippen molar-refractivity contribution >= 4 is 40.9 Å². The monoisotopic (exact) mass is 389 g/mol. The molecule has 0 radical (unpaired) electrons. The number of nitrogens with zero attached hydrogens (tertiary/aromatic N) is 4. The fourth-order valence-corrected chi connectivity index (χ4v) is 2.91. The van der Waals surface area contributed by atoms with Crippen molar-refractivity contribution in [1.29, 1.82) is 0 Å². The van der Waals surface area contributed by atoms with Crippen LogP contribution in [0.1, 0.15) is 16.8 Å². The minimum atomic E-state index is -0.247. The van der Waals surface area contributed by atoms with Crippen molar-refractivity contribution in [2.75, 3.05) is 5.32 Å². The van der Waals surface area contributed by atoms with E-state index in [-0.39, 0.29) is 5.91 Å². The lowest BCUT2D eigenvalue weighted by Gasteiger charge is -2.06. The lowest BCUT2D eigenvalue weighted by molar-refractivity contribution is -0.111. The molecule has 0 aliphatic heterocycles. The van der Waals surface area contributed by atoms with Gasteiger partial charge in [-0.25, -0.2) is 0 Å². The number of hydrogen-bond acceptors (Lipinski definition) is 3. The number of rotatable bonds is 5. The third kappa shape index (κ3) is 4.15.